The number of fused-ring (bicyclic) bond motifs is 2. The van der Waals surface area contributed by atoms with Crippen LogP contribution in [0.15, 0.2) is 102 Å². The van der Waals surface area contributed by atoms with E-state index in [1.807, 2.05) is 6.92 Å². The molecule has 0 spiro atoms. The second-order valence-electron chi connectivity index (χ2n) is 9.48. The van der Waals surface area contributed by atoms with Crippen LogP contribution < -0.4 is 9.47 Å². The van der Waals surface area contributed by atoms with E-state index in [9.17, 15) is 13.0 Å². The predicted octanol–water partition coefficient (Wildman–Crippen LogP) is 5.98. The Morgan fingerprint density at radius 2 is 1.24 bits per heavy atom. The van der Waals surface area contributed by atoms with Gasteiger partial charge in [0.05, 0.1) is 15.7 Å². The van der Waals surface area contributed by atoms with Crippen molar-refractivity contribution in [3.05, 3.63) is 103 Å². The lowest BCUT2D eigenvalue weighted by molar-refractivity contribution is -0.617. The van der Waals surface area contributed by atoms with Gasteiger partial charge in [-0.1, -0.05) is 54.1 Å². The number of anilines is 1. The summed E-state index contributed by atoms with van der Waals surface area (Å²) in [5.74, 6) is 0. The van der Waals surface area contributed by atoms with Crippen LogP contribution in [0.1, 0.15) is 18.4 Å². The van der Waals surface area contributed by atoms with E-state index >= 15 is 0 Å². The number of pyridine rings is 1. The summed E-state index contributed by atoms with van der Waals surface area (Å²) in [7, 11) is -2.11. The molecule has 0 bridgehead atoms. The highest BCUT2D eigenvalue weighted by Crippen LogP contribution is 2.35. The van der Waals surface area contributed by atoms with Gasteiger partial charge in [-0.3, -0.25) is 0 Å². The summed E-state index contributed by atoms with van der Waals surface area (Å²) in [4.78, 5) is 2.31. The number of aryl methyl sites for hydroxylation is 2. The number of aromatic nitrogens is 1. The second kappa shape index (κ2) is 10.3. The molecule has 0 unspecified atom stereocenters. The number of benzene rings is 4. The van der Waals surface area contributed by atoms with Gasteiger partial charge in [0.1, 0.15) is 17.2 Å². The Bertz CT molecular complexity index is 1600. The fraction of sp³-hybridized carbons (Fsp3) is 0.194. The first kappa shape index (κ1) is 24.9. The van der Waals surface area contributed by atoms with Crippen molar-refractivity contribution >= 4 is 37.6 Å². The molecule has 1 aliphatic heterocycles. The van der Waals surface area contributed by atoms with E-state index in [1.54, 1.807) is 12.1 Å². The van der Waals surface area contributed by atoms with Gasteiger partial charge < -0.3 is 9.45 Å². The maximum Gasteiger partial charge on any atom is 0.213 e. The van der Waals surface area contributed by atoms with E-state index in [0.29, 0.717) is 0 Å². The third kappa shape index (κ3) is 5.22. The zero-order valence-electron chi connectivity index (χ0n) is 21.1. The Kier molecular flexibility index (Phi) is 6.96. The van der Waals surface area contributed by atoms with Crippen molar-refractivity contribution in [2.24, 2.45) is 7.05 Å². The molecule has 0 saturated carbocycles. The number of hydrogen-bond acceptors (Lipinski definition) is 4. The van der Waals surface area contributed by atoms with Crippen molar-refractivity contribution in [2.75, 3.05) is 18.0 Å². The van der Waals surface area contributed by atoms with Crippen LogP contribution in [0.25, 0.3) is 32.9 Å². The fourth-order valence-corrected chi connectivity index (χ4v) is 5.53. The summed E-state index contributed by atoms with van der Waals surface area (Å²) < 4.78 is 33.5. The molecule has 5 nitrogen and oxygen atoms in total. The molecule has 0 amide bonds. The minimum absolute atomic E-state index is 0.178. The molecule has 1 aliphatic rings. The van der Waals surface area contributed by atoms with Gasteiger partial charge in [0.15, 0.2) is 0 Å². The van der Waals surface area contributed by atoms with Crippen LogP contribution in [0.4, 0.5) is 5.69 Å². The fourth-order valence-electron chi connectivity index (χ4n) is 5.06. The van der Waals surface area contributed by atoms with E-state index in [2.05, 4.69) is 89.3 Å². The van der Waals surface area contributed by atoms with Crippen molar-refractivity contribution in [3.63, 3.8) is 0 Å². The Morgan fingerprint density at radius 3 is 1.76 bits per heavy atom. The van der Waals surface area contributed by atoms with E-state index in [0.717, 1.165) is 5.56 Å². The normalized spacial score (nSPS) is 13.5. The van der Waals surface area contributed by atoms with Crippen molar-refractivity contribution in [1.29, 1.82) is 0 Å². The first-order valence-corrected chi connectivity index (χ1v) is 13.9. The molecule has 1 saturated heterocycles. The lowest BCUT2D eigenvalue weighted by Gasteiger charge is -2.18. The third-order valence-electron chi connectivity index (χ3n) is 7.01. The Labute approximate surface area is 218 Å². The second-order valence-corrected chi connectivity index (χ2v) is 10.9. The molecule has 0 radical (unpaired) electrons. The highest BCUT2D eigenvalue weighted by molar-refractivity contribution is 7.85. The summed E-state index contributed by atoms with van der Waals surface area (Å²) in [5, 5.41) is 2.62. The van der Waals surface area contributed by atoms with E-state index < -0.39 is 10.1 Å². The summed E-state index contributed by atoms with van der Waals surface area (Å²) in [6, 6.07) is 32.4. The van der Waals surface area contributed by atoms with E-state index in [4.69, 9.17) is 0 Å². The monoisotopic (exact) mass is 510 g/mol. The Morgan fingerprint density at radius 1 is 0.730 bits per heavy atom. The Balaban J connectivity index is 0.000000215. The molecule has 188 valence electrons. The zero-order valence-corrected chi connectivity index (χ0v) is 21.9. The number of hydrogen-bond donors (Lipinski definition) is 0. The molecular weight excluding hydrogens is 480 g/mol. The quantitative estimate of drug-likeness (QED) is 0.170. The lowest BCUT2D eigenvalue weighted by Crippen LogP contribution is -2.30. The maximum atomic E-state index is 10.4. The minimum Gasteiger partial charge on any atom is -0.744 e. The first-order valence-electron chi connectivity index (χ1n) is 12.5. The van der Waals surface area contributed by atoms with E-state index in [1.165, 1.54) is 76.7 Å². The van der Waals surface area contributed by atoms with Crippen molar-refractivity contribution in [2.45, 2.75) is 24.7 Å². The smallest absolute Gasteiger partial charge is 0.213 e. The molecule has 1 aromatic heterocycles. The van der Waals surface area contributed by atoms with Gasteiger partial charge in [-0.15, -0.1) is 0 Å². The maximum absolute atomic E-state index is 10.4. The first-order chi connectivity index (χ1) is 17.8. The minimum atomic E-state index is -4.27. The average Bonchev–Trinajstić information content (AvgIpc) is 3.45. The zero-order chi connectivity index (χ0) is 26.0. The van der Waals surface area contributed by atoms with Gasteiger partial charge in [0.2, 0.25) is 11.0 Å². The summed E-state index contributed by atoms with van der Waals surface area (Å²) in [6.07, 6.45) is 2.62. The lowest BCUT2D eigenvalue weighted by atomic mass is 9.95. The van der Waals surface area contributed by atoms with Gasteiger partial charge in [0.25, 0.3) is 0 Å². The van der Waals surface area contributed by atoms with Gasteiger partial charge in [-0.25, -0.2) is 8.42 Å². The molecule has 5 aromatic rings. The number of rotatable bonds is 3. The largest absolute Gasteiger partial charge is 0.744 e. The van der Waals surface area contributed by atoms with Gasteiger partial charge >= 0.3 is 0 Å². The summed E-state index contributed by atoms with van der Waals surface area (Å²) >= 11 is 0. The molecule has 0 N–H and O–H groups in total. The Hall–Kier alpha value is -3.74. The number of nitrogens with zero attached hydrogens (tertiary/aromatic N) is 2. The molecule has 1 fully saturated rings. The van der Waals surface area contributed by atoms with Crippen LogP contribution >= 0.6 is 0 Å². The molecule has 6 heteroatoms. The molecule has 0 atom stereocenters. The molecule has 2 heterocycles. The van der Waals surface area contributed by atoms with Gasteiger partial charge in [-0.2, -0.15) is 4.57 Å². The average molecular weight is 511 g/mol. The molecule has 4 aromatic carbocycles. The van der Waals surface area contributed by atoms with Crippen LogP contribution in [-0.4, -0.2) is 26.1 Å². The highest BCUT2D eigenvalue weighted by Gasteiger charge is 2.19. The SMILES string of the molecule is C[n+]1c2ccccc2c(-c2ccc(N3CCCC3)cc2)c2ccccc21.Cc1ccc(S(=O)(=O)[O-])cc1. The standard InChI is InChI=1S/C24H23N2.C7H8O3S/c1-25-22-10-4-2-8-20(22)24(21-9-3-5-11-23(21)25)18-12-14-19(15-13-18)26-16-6-7-17-26;1-6-2-4-7(5-3-6)11(8,9)10/h2-5,8-15H,6-7,16-17H2,1H3;2-5H,1H3,(H,8,9,10)/q+1;/p-1. The van der Waals surface area contributed by atoms with Gasteiger partial charge in [-0.05, 0) is 61.7 Å². The van der Waals surface area contributed by atoms with Crippen LogP contribution in [0, 0.1) is 6.92 Å². The predicted molar refractivity (Wildman–Crippen MR) is 149 cm³/mol. The van der Waals surface area contributed by atoms with Gasteiger partial charge in [0, 0.05) is 36.5 Å². The van der Waals surface area contributed by atoms with Crippen molar-refractivity contribution in [1.82, 2.24) is 0 Å². The summed E-state index contributed by atoms with van der Waals surface area (Å²) in [6.45, 7) is 4.19. The van der Waals surface area contributed by atoms with E-state index in [-0.39, 0.29) is 4.90 Å². The molecule has 37 heavy (non-hydrogen) atoms. The van der Waals surface area contributed by atoms with Crippen LogP contribution in [0.5, 0.6) is 0 Å². The topological polar surface area (TPSA) is 64.3 Å². The van der Waals surface area contributed by atoms with Crippen molar-refractivity contribution < 1.29 is 17.5 Å². The summed E-state index contributed by atoms with van der Waals surface area (Å²) in [5.41, 5.74) is 7.44. The van der Waals surface area contributed by atoms with Crippen LogP contribution in [0.3, 0.4) is 0 Å². The third-order valence-corrected chi connectivity index (χ3v) is 7.86. The van der Waals surface area contributed by atoms with Crippen LogP contribution in [-0.2, 0) is 17.2 Å². The number of para-hydroxylation sites is 2. The molecule has 6 rings (SSSR count). The highest BCUT2D eigenvalue weighted by atomic mass is 32.2. The van der Waals surface area contributed by atoms with Crippen LogP contribution in [0.2, 0.25) is 0 Å². The molecular formula is C31H30N2O3S. The van der Waals surface area contributed by atoms with Crippen molar-refractivity contribution in [3.8, 4) is 11.1 Å². The molecule has 0 aliphatic carbocycles.